The second-order valence-corrected chi connectivity index (χ2v) is 7.73. The molecular weight excluding hydrogens is 316 g/mol. The average Bonchev–Trinajstić information content (AvgIpc) is 2.40. The molecule has 0 spiro atoms. The van der Waals surface area contributed by atoms with Gasteiger partial charge in [-0.2, -0.15) is 4.31 Å². The van der Waals surface area contributed by atoms with Crippen LogP contribution in [-0.2, 0) is 19.5 Å². The Morgan fingerprint density at radius 3 is 2.73 bits per heavy atom. The second-order valence-electron chi connectivity index (χ2n) is 5.83. The summed E-state index contributed by atoms with van der Waals surface area (Å²) in [7, 11) is -2.67. The van der Waals surface area contributed by atoms with E-state index in [2.05, 4.69) is 0 Å². The van der Waals surface area contributed by atoms with E-state index in [0.29, 0.717) is 6.07 Å². The number of morpholine rings is 1. The third-order valence-electron chi connectivity index (χ3n) is 3.31. The molecule has 1 aliphatic heterocycles. The molecule has 22 heavy (non-hydrogen) atoms. The van der Waals surface area contributed by atoms with Crippen molar-refractivity contribution in [2.75, 3.05) is 26.8 Å². The molecule has 0 aromatic heterocycles. The molecule has 2 rings (SSSR count). The zero-order chi connectivity index (χ0) is 16.5. The minimum absolute atomic E-state index is 0.0234. The van der Waals surface area contributed by atoms with E-state index in [-0.39, 0.29) is 19.7 Å². The summed E-state index contributed by atoms with van der Waals surface area (Å²) in [5, 5.41) is 0. The molecule has 5 nitrogen and oxygen atoms in total. The SMILES string of the molecule is COCC1CN(S(=O)(=O)c2cc(F)ccc2F)CC(C)(C)O1. The highest BCUT2D eigenvalue weighted by atomic mass is 32.2. The first-order chi connectivity index (χ1) is 10.2. The number of nitrogens with zero attached hydrogens (tertiary/aromatic N) is 1. The summed E-state index contributed by atoms with van der Waals surface area (Å²) in [6.45, 7) is 3.75. The highest BCUT2D eigenvalue weighted by Crippen LogP contribution is 2.28. The van der Waals surface area contributed by atoms with Crippen molar-refractivity contribution in [1.82, 2.24) is 4.31 Å². The third kappa shape index (κ3) is 3.62. The fourth-order valence-electron chi connectivity index (χ4n) is 2.51. The molecule has 1 fully saturated rings. The van der Waals surface area contributed by atoms with Crippen molar-refractivity contribution >= 4 is 10.0 Å². The van der Waals surface area contributed by atoms with Crippen LogP contribution in [-0.4, -0.2) is 51.2 Å². The lowest BCUT2D eigenvalue weighted by atomic mass is 10.1. The smallest absolute Gasteiger partial charge is 0.246 e. The Morgan fingerprint density at radius 2 is 2.09 bits per heavy atom. The molecular formula is C14H19F2NO4S. The monoisotopic (exact) mass is 335 g/mol. The molecule has 0 saturated carbocycles. The van der Waals surface area contributed by atoms with Gasteiger partial charge in [-0.05, 0) is 32.0 Å². The van der Waals surface area contributed by atoms with Crippen LogP contribution in [0, 0.1) is 11.6 Å². The second kappa shape index (κ2) is 6.19. The normalized spacial score (nSPS) is 22.7. The van der Waals surface area contributed by atoms with Gasteiger partial charge in [0.15, 0.2) is 0 Å². The van der Waals surface area contributed by atoms with E-state index in [4.69, 9.17) is 9.47 Å². The van der Waals surface area contributed by atoms with Gasteiger partial charge in [0.05, 0.1) is 18.3 Å². The molecule has 0 N–H and O–H groups in total. The fourth-order valence-corrected chi connectivity index (χ4v) is 4.21. The van der Waals surface area contributed by atoms with Gasteiger partial charge < -0.3 is 9.47 Å². The van der Waals surface area contributed by atoms with Crippen molar-refractivity contribution in [1.29, 1.82) is 0 Å². The molecule has 1 aromatic rings. The summed E-state index contributed by atoms with van der Waals surface area (Å²) >= 11 is 0. The topological polar surface area (TPSA) is 55.8 Å². The Balaban J connectivity index is 2.37. The maximum atomic E-state index is 13.8. The van der Waals surface area contributed by atoms with Crippen LogP contribution in [0.15, 0.2) is 23.1 Å². The van der Waals surface area contributed by atoms with Crippen molar-refractivity contribution < 1.29 is 26.7 Å². The quantitative estimate of drug-likeness (QED) is 0.842. The zero-order valence-corrected chi connectivity index (χ0v) is 13.5. The van der Waals surface area contributed by atoms with Crippen molar-refractivity contribution in [3.8, 4) is 0 Å². The fraction of sp³-hybridized carbons (Fsp3) is 0.571. The Morgan fingerprint density at radius 1 is 1.41 bits per heavy atom. The Bertz CT molecular complexity index is 648. The van der Waals surface area contributed by atoms with Gasteiger partial charge in [-0.15, -0.1) is 0 Å². The zero-order valence-electron chi connectivity index (χ0n) is 12.7. The Labute approximate surface area is 128 Å². The van der Waals surface area contributed by atoms with Crippen LogP contribution in [0.5, 0.6) is 0 Å². The number of halogens is 2. The van der Waals surface area contributed by atoms with Crippen LogP contribution in [0.3, 0.4) is 0 Å². The number of hydrogen-bond donors (Lipinski definition) is 0. The van der Waals surface area contributed by atoms with Gasteiger partial charge in [0.2, 0.25) is 10.0 Å². The summed E-state index contributed by atoms with van der Waals surface area (Å²) in [6, 6.07) is 2.38. The molecule has 1 aromatic carbocycles. The molecule has 1 aliphatic rings. The van der Waals surface area contributed by atoms with Crippen molar-refractivity contribution in [3.63, 3.8) is 0 Å². The molecule has 1 unspecified atom stereocenters. The van der Waals surface area contributed by atoms with Gasteiger partial charge in [0.1, 0.15) is 16.5 Å². The third-order valence-corrected chi connectivity index (χ3v) is 5.14. The van der Waals surface area contributed by atoms with E-state index < -0.39 is 38.3 Å². The number of rotatable bonds is 4. The maximum Gasteiger partial charge on any atom is 0.246 e. The molecule has 1 heterocycles. The summed E-state index contributed by atoms with van der Waals surface area (Å²) in [4.78, 5) is -0.665. The highest BCUT2D eigenvalue weighted by Gasteiger charge is 2.40. The van der Waals surface area contributed by atoms with Crippen molar-refractivity contribution in [2.24, 2.45) is 0 Å². The standard InChI is InChI=1S/C14H19F2NO4S/c1-14(2)9-17(7-11(21-14)8-20-3)22(18,19)13-6-10(15)4-5-12(13)16/h4-6,11H,7-9H2,1-3H3. The lowest BCUT2D eigenvalue weighted by Crippen LogP contribution is -2.55. The highest BCUT2D eigenvalue weighted by molar-refractivity contribution is 7.89. The first-order valence-electron chi connectivity index (χ1n) is 6.78. The predicted octanol–water partition coefficient (Wildman–Crippen LogP) is 1.78. The minimum Gasteiger partial charge on any atom is -0.382 e. The summed E-state index contributed by atoms with van der Waals surface area (Å²) in [5.41, 5.74) is -0.752. The summed E-state index contributed by atoms with van der Waals surface area (Å²) in [5.74, 6) is -1.78. The van der Waals surface area contributed by atoms with Crippen LogP contribution in [0.1, 0.15) is 13.8 Å². The number of benzene rings is 1. The van der Waals surface area contributed by atoms with Crippen LogP contribution < -0.4 is 0 Å². The molecule has 124 valence electrons. The summed E-state index contributed by atoms with van der Waals surface area (Å²) < 4.78 is 64.2. The largest absolute Gasteiger partial charge is 0.382 e. The number of methoxy groups -OCH3 is 1. The Hall–Kier alpha value is -1.09. The predicted molar refractivity (Wildman–Crippen MR) is 75.9 cm³/mol. The van der Waals surface area contributed by atoms with Crippen molar-refractivity contribution in [3.05, 3.63) is 29.8 Å². The van der Waals surface area contributed by atoms with E-state index >= 15 is 0 Å². The first-order valence-corrected chi connectivity index (χ1v) is 8.22. The minimum atomic E-state index is -4.15. The summed E-state index contributed by atoms with van der Waals surface area (Å²) in [6.07, 6.45) is -0.472. The van der Waals surface area contributed by atoms with E-state index in [1.165, 1.54) is 7.11 Å². The average molecular weight is 335 g/mol. The molecule has 1 atom stereocenters. The molecule has 0 aliphatic carbocycles. The van der Waals surface area contributed by atoms with Crippen molar-refractivity contribution in [2.45, 2.75) is 30.4 Å². The van der Waals surface area contributed by atoms with Crippen LogP contribution in [0.2, 0.25) is 0 Å². The molecule has 0 radical (unpaired) electrons. The van der Waals surface area contributed by atoms with Gasteiger partial charge >= 0.3 is 0 Å². The Kier molecular flexibility index (Phi) is 4.86. The lowest BCUT2D eigenvalue weighted by Gasteiger charge is -2.41. The molecule has 1 saturated heterocycles. The lowest BCUT2D eigenvalue weighted by molar-refractivity contribution is -0.135. The van der Waals surface area contributed by atoms with Gasteiger partial charge in [-0.3, -0.25) is 0 Å². The van der Waals surface area contributed by atoms with Gasteiger partial charge in [0.25, 0.3) is 0 Å². The molecule has 0 amide bonds. The van der Waals surface area contributed by atoms with E-state index in [0.717, 1.165) is 16.4 Å². The van der Waals surface area contributed by atoms with Crippen LogP contribution in [0.25, 0.3) is 0 Å². The molecule has 8 heteroatoms. The first kappa shape index (κ1) is 17.3. The van der Waals surface area contributed by atoms with Crippen LogP contribution in [0.4, 0.5) is 8.78 Å². The van der Waals surface area contributed by atoms with Gasteiger partial charge in [0, 0.05) is 20.2 Å². The number of ether oxygens (including phenoxy) is 2. The van der Waals surface area contributed by atoms with Gasteiger partial charge in [-0.1, -0.05) is 0 Å². The maximum absolute atomic E-state index is 13.8. The van der Waals surface area contributed by atoms with E-state index in [1.807, 2.05) is 0 Å². The number of hydrogen-bond acceptors (Lipinski definition) is 4. The van der Waals surface area contributed by atoms with Crippen LogP contribution >= 0.6 is 0 Å². The number of sulfonamides is 1. The van der Waals surface area contributed by atoms with E-state index in [1.54, 1.807) is 13.8 Å². The van der Waals surface area contributed by atoms with Gasteiger partial charge in [-0.25, -0.2) is 17.2 Å². The molecule has 0 bridgehead atoms. The van der Waals surface area contributed by atoms with E-state index in [9.17, 15) is 17.2 Å².